The number of nitrogens with one attached hydrogen (secondary N) is 2. The number of rotatable bonds is 5. The highest BCUT2D eigenvalue weighted by Gasteiger charge is 2.22. The minimum Gasteiger partial charge on any atom is -0.326 e. The maximum atomic E-state index is 12.4. The molecule has 2 aliphatic carbocycles. The number of benzene rings is 1. The Bertz CT molecular complexity index is 687. The van der Waals surface area contributed by atoms with Crippen molar-refractivity contribution in [3.63, 3.8) is 0 Å². The molecule has 1 aromatic rings. The van der Waals surface area contributed by atoms with E-state index in [1.807, 2.05) is 31.2 Å². The molecule has 2 saturated carbocycles. The lowest BCUT2D eigenvalue weighted by atomic mass is 9.88. The van der Waals surface area contributed by atoms with Gasteiger partial charge in [0.25, 0.3) is 0 Å². The van der Waals surface area contributed by atoms with Crippen molar-refractivity contribution in [2.75, 3.05) is 5.32 Å². The molecule has 2 aliphatic rings. The number of hydrazone groups is 1. The molecule has 2 fully saturated rings. The van der Waals surface area contributed by atoms with Crippen LogP contribution in [0.5, 0.6) is 0 Å². The maximum absolute atomic E-state index is 12.4. The monoisotopic (exact) mass is 369 g/mol. The first-order chi connectivity index (χ1) is 13.1. The zero-order valence-electron chi connectivity index (χ0n) is 16.3. The van der Waals surface area contributed by atoms with Gasteiger partial charge in [0.05, 0.1) is 5.71 Å². The fourth-order valence-corrected chi connectivity index (χ4v) is 4.09. The maximum Gasteiger partial charge on any atom is 0.243 e. The molecular weight excluding hydrogens is 338 g/mol. The third-order valence-corrected chi connectivity index (χ3v) is 5.83. The lowest BCUT2D eigenvalue weighted by Crippen LogP contribution is -2.29. The molecule has 5 heteroatoms. The van der Waals surface area contributed by atoms with Crippen LogP contribution in [0.15, 0.2) is 29.4 Å². The standard InChI is InChI=1S/C22H31N3O2/c1-16(24-25-22(27)18-11-6-3-7-12-18)19-13-8-14-20(15-19)23-21(26)17-9-4-2-5-10-17/h8,13-15,17-18H,2-7,9-12H2,1H3,(H,23,26)(H,25,27)/b24-16-. The fourth-order valence-electron chi connectivity index (χ4n) is 4.09. The van der Waals surface area contributed by atoms with Crippen LogP contribution in [0, 0.1) is 11.8 Å². The number of carbonyl (C=O) groups is 2. The summed E-state index contributed by atoms with van der Waals surface area (Å²) in [5.74, 6) is 0.367. The average molecular weight is 370 g/mol. The summed E-state index contributed by atoms with van der Waals surface area (Å²) < 4.78 is 0. The summed E-state index contributed by atoms with van der Waals surface area (Å²) in [5, 5.41) is 7.33. The van der Waals surface area contributed by atoms with Crippen LogP contribution in [0.4, 0.5) is 5.69 Å². The topological polar surface area (TPSA) is 70.6 Å². The van der Waals surface area contributed by atoms with Crippen molar-refractivity contribution in [1.82, 2.24) is 5.43 Å². The van der Waals surface area contributed by atoms with Crippen LogP contribution in [-0.4, -0.2) is 17.5 Å². The van der Waals surface area contributed by atoms with E-state index in [4.69, 9.17) is 0 Å². The molecule has 2 amide bonds. The summed E-state index contributed by atoms with van der Waals surface area (Å²) >= 11 is 0. The average Bonchev–Trinajstić information content (AvgIpc) is 2.73. The highest BCUT2D eigenvalue weighted by atomic mass is 16.2. The highest BCUT2D eigenvalue weighted by Crippen LogP contribution is 2.25. The summed E-state index contributed by atoms with van der Waals surface area (Å²) in [7, 11) is 0. The van der Waals surface area contributed by atoms with Gasteiger partial charge in [0.2, 0.25) is 11.8 Å². The van der Waals surface area contributed by atoms with Crippen molar-refractivity contribution >= 4 is 23.2 Å². The molecule has 146 valence electrons. The fraction of sp³-hybridized carbons (Fsp3) is 0.591. The number of hydrogen-bond acceptors (Lipinski definition) is 3. The third kappa shape index (κ3) is 5.65. The minimum absolute atomic E-state index is 0.0239. The van der Waals surface area contributed by atoms with E-state index < -0.39 is 0 Å². The van der Waals surface area contributed by atoms with Gasteiger partial charge < -0.3 is 5.32 Å². The van der Waals surface area contributed by atoms with Gasteiger partial charge in [0, 0.05) is 17.5 Å². The largest absolute Gasteiger partial charge is 0.326 e. The molecule has 0 aromatic heterocycles. The molecule has 27 heavy (non-hydrogen) atoms. The van der Waals surface area contributed by atoms with Crippen LogP contribution < -0.4 is 10.7 Å². The lowest BCUT2D eigenvalue weighted by molar-refractivity contribution is -0.126. The summed E-state index contributed by atoms with van der Waals surface area (Å²) in [5.41, 5.74) is 5.16. The van der Waals surface area contributed by atoms with Gasteiger partial charge in [-0.1, -0.05) is 50.7 Å². The van der Waals surface area contributed by atoms with Gasteiger partial charge in [-0.15, -0.1) is 0 Å². The van der Waals surface area contributed by atoms with E-state index in [1.54, 1.807) is 0 Å². The Morgan fingerprint density at radius 3 is 2.11 bits per heavy atom. The van der Waals surface area contributed by atoms with Gasteiger partial charge in [0.1, 0.15) is 0 Å². The predicted octanol–water partition coefficient (Wildman–Crippen LogP) is 4.63. The Labute approximate surface area is 162 Å². The predicted molar refractivity (Wildman–Crippen MR) is 109 cm³/mol. The lowest BCUT2D eigenvalue weighted by Gasteiger charge is -2.21. The second kappa shape index (κ2) is 9.67. The Balaban J connectivity index is 1.58. The van der Waals surface area contributed by atoms with Crippen molar-refractivity contribution in [3.05, 3.63) is 29.8 Å². The van der Waals surface area contributed by atoms with E-state index in [1.165, 1.54) is 12.8 Å². The normalized spacial score (nSPS) is 19.5. The van der Waals surface area contributed by atoms with E-state index in [-0.39, 0.29) is 23.7 Å². The van der Waals surface area contributed by atoms with Gasteiger partial charge in [-0.25, -0.2) is 5.43 Å². The number of carbonyl (C=O) groups excluding carboxylic acids is 2. The van der Waals surface area contributed by atoms with E-state index in [9.17, 15) is 9.59 Å². The smallest absolute Gasteiger partial charge is 0.243 e. The van der Waals surface area contributed by atoms with Gasteiger partial charge >= 0.3 is 0 Å². The minimum atomic E-state index is 0.0239. The first kappa shape index (κ1) is 19.6. The SMILES string of the molecule is C/C(=N/NC(=O)C1CCCCC1)c1cccc(NC(=O)C2CCCCC2)c1. The Hall–Kier alpha value is -2.17. The Morgan fingerprint density at radius 2 is 1.48 bits per heavy atom. The summed E-state index contributed by atoms with van der Waals surface area (Å²) in [6.07, 6.45) is 10.9. The quantitative estimate of drug-likeness (QED) is 0.587. The zero-order valence-corrected chi connectivity index (χ0v) is 16.3. The second-order valence-electron chi connectivity index (χ2n) is 7.91. The van der Waals surface area contributed by atoms with Gasteiger partial charge in [-0.2, -0.15) is 5.10 Å². The van der Waals surface area contributed by atoms with Crippen molar-refractivity contribution in [2.24, 2.45) is 16.9 Å². The molecule has 5 nitrogen and oxygen atoms in total. The van der Waals surface area contributed by atoms with Gasteiger partial charge in [-0.3, -0.25) is 9.59 Å². The van der Waals surface area contributed by atoms with Crippen LogP contribution in [0.2, 0.25) is 0 Å². The van der Waals surface area contributed by atoms with Gasteiger partial charge in [0.15, 0.2) is 0 Å². The van der Waals surface area contributed by atoms with E-state index in [2.05, 4.69) is 15.8 Å². The first-order valence-corrected chi connectivity index (χ1v) is 10.4. The molecule has 0 bridgehead atoms. The summed E-state index contributed by atoms with van der Waals surface area (Å²) in [4.78, 5) is 24.7. The number of anilines is 1. The first-order valence-electron chi connectivity index (χ1n) is 10.4. The third-order valence-electron chi connectivity index (χ3n) is 5.83. The van der Waals surface area contributed by atoms with Crippen LogP contribution in [0.1, 0.15) is 76.7 Å². The summed E-state index contributed by atoms with van der Waals surface area (Å²) in [6, 6.07) is 7.68. The highest BCUT2D eigenvalue weighted by molar-refractivity contribution is 6.01. The zero-order chi connectivity index (χ0) is 19.1. The summed E-state index contributed by atoms with van der Waals surface area (Å²) in [6.45, 7) is 1.88. The van der Waals surface area contributed by atoms with Gasteiger partial charge in [-0.05, 0) is 50.3 Å². The van der Waals surface area contributed by atoms with E-state index >= 15 is 0 Å². The molecule has 0 radical (unpaired) electrons. The molecule has 0 saturated heterocycles. The van der Waals surface area contributed by atoms with E-state index in [0.29, 0.717) is 0 Å². The van der Waals surface area contributed by atoms with Crippen LogP contribution in [-0.2, 0) is 9.59 Å². The van der Waals surface area contributed by atoms with Crippen molar-refractivity contribution in [1.29, 1.82) is 0 Å². The molecule has 0 spiro atoms. The van der Waals surface area contributed by atoms with E-state index in [0.717, 1.165) is 68.3 Å². The molecule has 0 heterocycles. The van der Waals surface area contributed by atoms with Crippen LogP contribution >= 0.6 is 0 Å². The number of hydrogen-bond donors (Lipinski definition) is 2. The van der Waals surface area contributed by atoms with Crippen molar-refractivity contribution < 1.29 is 9.59 Å². The molecule has 1 aromatic carbocycles. The number of amides is 2. The van der Waals surface area contributed by atoms with Crippen molar-refractivity contribution in [2.45, 2.75) is 71.1 Å². The van der Waals surface area contributed by atoms with Crippen LogP contribution in [0.3, 0.4) is 0 Å². The number of nitrogens with zero attached hydrogens (tertiary/aromatic N) is 1. The second-order valence-corrected chi connectivity index (χ2v) is 7.91. The van der Waals surface area contributed by atoms with Crippen LogP contribution in [0.25, 0.3) is 0 Å². The molecule has 0 aliphatic heterocycles. The molecule has 2 N–H and O–H groups in total. The molecule has 0 unspecified atom stereocenters. The molecule has 3 rings (SSSR count). The molecule has 0 atom stereocenters. The Kier molecular flexibility index (Phi) is 7.02. The Morgan fingerprint density at radius 1 is 0.889 bits per heavy atom. The van der Waals surface area contributed by atoms with Crippen molar-refractivity contribution in [3.8, 4) is 0 Å². The molecular formula is C22H31N3O2.